The second kappa shape index (κ2) is 5.62. The van der Waals surface area contributed by atoms with E-state index in [9.17, 15) is 9.36 Å². The molecule has 0 saturated carbocycles. The maximum atomic E-state index is 10.8. The first-order valence-corrected chi connectivity index (χ1v) is 6.32. The van der Waals surface area contributed by atoms with Crippen LogP contribution in [-0.2, 0) is 13.9 Å². The molecule has 1 unspecified atom stereocenters. The van der Waals surface area contributed by atoms with Crippen LogP contribution in [0.25, 0.3) is 0 Å². The van der Waals surface area contributed by atoms with Crippen molar-refractivity contribution in [2.24, 2.45) is 5.73 Å². The van der Waals surface area contributed by atoms with Gasteiger partial charge in [0, 0.05) is 0 Å². The van der Waals surface area contributed by atoms with E-state index in [2.05, 4.69) is 4.52 Å². The smallest absolute Gasteiger partial charge is 0.369 e. The fourth-order valence-electron chi connectivity index (χ4n) is 0.548. The molecule has 0 fully saturated rings. The van der Waals surface area contributed by atoms with E-state index in [1.54, 1.807) is 0 Å². The Labute approximate surface area is 80.1 Å². The third kappa shape index (κ3) is 7.04. The summed E-state index contributed by atoms with van der Waals surface area (Å²) in [7, 11) is -4.74. The van der Waals surface area contributed by atoms with Gasteiger partial charge in [-0.25, -0.2) is 9.36 Å². The van der Waals surface area contributed by atoms with Gasteiger partial charge in [-0.15, -0.1) is 0 Å². The van der Waals surface area contributed by atoms with Gasteiger partial charge >= 0.3 is 13.8 Å². The zero-order chi connectivity index (χ0) is 10.5. The molecule has 0 aliphatic heterocycles. The minimum atomic E-state index is -4.74. The summed E-state index contributed by atoms with van der Waals surface area (Å²) in [6, 6.07) is -0.972. The van der Waals surface area contributed by atoms with Gasteiger partial charge in [0.2, 0.25) is 0 Å². The van der Waals surface area contributed by atoms with Gasteiger partial charge in [0.05, 0.1) is 0 Å². The highest BCUT2D eigenvalue weighted by molar-refractivity contribution is 7.98. The van der Waals surface area contributed by atoms with E-state index in [0.29, 0.717) is 12.2 Å². The molecule has 0 aromatic rings. The highest BCUT2D eigenvalue weighted by Crippen LogP contribution is 2.36. The van der Waals surface area contributed by atoms with Crippen LogP contribution >= 0.6 is 19.6 Å². The van der Waals surface area contributed by atoms with Gasteiger partial charge in [-0.3, -0.25) is 9.79 Å². The Hall–Kier alpha value is -0.0700. The monoisotopic (exact) mass is 229 g/mol. The van der Waals surface area contributed by atoms with Crippen LogP contribution in [0.2, 0.25) is 0 Å². The number of carbonyl (C=O) groups excluding carboxylic acids is 1. The zero-order valence-corrected chi connectivity index (χ0v) is 8.75. The molecular weight excluding hydrogens is 217 g/mol. The van der Waals surface area contributed by atoms with Gasteiger partial charge in [0.15, 0.2) is 0 Å². The molecule has 0 heterocycles. The van der Waals surface area contributed by atoms with Gasteiger partial charge in [-0.2, -0.15) is 11.8 Å². The van der Waals surface area contributed by atoms with Crippen LogP contribution in [0.5, 0.6) is 0 Å². The third-order valence-electron chi connectivity index (χ3n) is 1.14. The summed E-state index contributed by atoms with van der Waals surface area (Å²) in [4.78, 5) is 27.4. The van der Waals surface area contributed by atoms with Gasteiger partial charge in [-0.05, 0) is 18.4 Å². The van der Waals surface area contributed by atoms with Crippen LogP contribution in [0, 0.1) is 0 Å². The van der Waals surface area contributed by atoms with E-state index in [-0.39, 0.29) is 0 Å². The zero-order valence-electron chi connectivity index (χ0n) is 7.04. The Morgan fingerprint density at radius 1 is 1.69 bits per heavy atom. The SMILES string of the molecule is CSCCC(N)C(=O)OP(=O)(O)O. The Morgan fingerprint density at radius 2 is 2.23 bits per heavy atom. The van der Waals surface area contributed by atoms with Crippen LogP contribution < -0.4 is 5.73 Å². The molecule has 6 nitrogen and oxygen atoms in total. The van der Waals surface area contributed by atoms with Crippen LogP contribution in [0.4, 0.5) is 0 Å². The molecule has 1 atom stereocenters. The van der Waals surface area contributed by atoms with E-state index in [1.807, 2.05) is 6.26 Å². The third-order valence-corrected chi connectivity index (χ3v) is 2.21. The fourth-order valence-corrected chi connectivity index (χ4v) is 1.41. The number of rotatable bonds is 5. The predicted octanol–water partition coefficient (Wildman–Crippen LogP) is -0.297. The summed E-state index contributed by atoms with van der Waals surface area (Å²) < 4.78 is 14.0. The predicted molar refractivity (Wildman–Crippen MR) is 49.1 cm³/mol. The summed E-state index contributed by atoms with van der Waals surface area (Å²) in [6.45, 7) is 0. The van der Waals surface area contributed by atoms with Crippen molar-refractivity contribution in [3.05, 3.63) is 0 Å². The van der Waals surface area contributed by atoms with Crippen molar-refractivity contribution in [3.63, 3.8) is 0 Å². The first-order valence-electron chi connectivity index (χ1n) is 3.40. The van der Waals surface area contributed by atoms with Crippen LogP contribution in [0.1, 0.15) is 6.42 Å². The molecule has 0 aromatic carbocycles. The Morgan fingerprint density at radius 3 is 2.62 bits per heavy atom. The number of nitrogens with two attached hydrogens (primary N) is 1. The molecule has 0 spiro atoms. The molecule has 4 N–H and O–H groups in total. The number of hydrogen-bond acceptors (Lipinski definition) is 5. The van der Waals surface area contributed by atoms with Crippen LogP contribution in [0.15, 0.2) is 0 Å². The second-order valence-electron chi connectivity index (χ2n) is 2.29. The van der Waals surface area contributed by atoms with Crippen molar-refractivity contribution in [1.29, 1.82) is 0 Å². The molecule has 0 aliphatic carbocycles. The average Bonchev–Trinajstić information content (AvgIpc) is 1.96. The van der Waals surface area contributed by atoms with Crippen molar-refractivity contribution >= 4 is 25.6 Å². The maximum Gasteiger partial charge on any atom is 0.527 e. The lowest BCUT2D eigenvalue weighted by Gasteiger charge is -2.10. The summed E-state index contributed by atoms with van der Waals surface area (Å²) in [5.74, 6) is -0.431. The standard InChI is InChI=1S/C5H12NO5PS/c1-13-3-2-4(6)5(7)11-12(8,9)10/h4H,2-3,6H2,1H3,(H2,8,9,10). The van der Waals surface area contributed by atoms with Gasteiger partial charge < -0.3 is 10.3 Å². The largest absolute Gasteiger partial charge is 0.527 e. The molecule has 0 amide bonds. The highest BCUT2D eigenvalue weighted by atomic mass is 32.2. The summed E-state index contributed by atoms with van der Waals surface area (Å²) >= 11 is 1.48. The molecule has 78 valence electrons. The number of carbonyl (C=O) groups is 1. The second-order valence-corrected chi connectivity index (χ2v) is 4.44. The topological polar surface area (TPSA) is 110 Å². The quantitative estimate of drug-likeness (QED) is 0.555. The van der Waals surface area contributed by atoms with E-state index < -0.39 is 19.8 Å². The minimum absolute atomic E-state index is 0.333. The number of hydrogen-bond donors (Lipinski definition) is 3. The lowest BCUT2D eigenvalue weighted by Crippen LogP contribution is -2.32. The van der Waals surface area contributed by atoms with Crippen molar-refractivity contribution < 1.29 is 23.7 Å². The summed E-state index contributed by atoms with van der Waals surface area (Å²) in [6.07, 6.45) is 2.17. The van der Waals surface area contributed by atoms with Crippen molar-refractivity contribution in [1.82, 2.24) is 0 Å². The first-order chi connectivity index (χ1) is 5.87. The first kappa shape index (κ1) is 12.9. The number of phosphoric ester groups is 1. The van der Waals surface area contributed by atoms with Crippen molar-refractivity contribution in [2.45, 2.75) is 12.5 Å². The van der Waals surface area contributed by atoms with Crippen molar-refractivity contribution in [2.75, 3.05) is 12.0 Å². The van der Waals surface area contributed by atoms with Crippen LogP contribution in [-0.4, -0.2) is 33.8 Å². The molecule has 0 bridgehead atoms. The molecule has 8 heteroatoms. The molecule has 0 radical (unpaired) electrons. The van der Waals surface area contributed by atoms with E-state index in [4.69, 9.17) is 15.5 Å². The van der Waals surface area contributed by atoms with E-state index in [1.165, 1.54) is 11.8 Å². The van der Waals surface area contributed by atoms with E-state index >= 15 is 0 Å². The van der Waals surface area contributed by atoms with E-state index in [0.717, 1.165) is 0 Å². The summed E-state index contributed by atoms with van der Waals surface area (Å²) in [5, 5.41) is 0. The van der Waals surface area contributed by atoms with Gasteiger partial charge in [0.25, 0.3) is 0 Å². The van der Waals surface area contributed by atoms with Gasteiger partial charge in [-0.1, -0.05) is 0 Å². The van der Waals surface area contributed by atoms with Crippen molar-refractivity contribution in [3.8, 4) is 0 Å². The normalized spacial score (nSPS) is 13.8. The Balaban J connectivity index is 3.90. The lowest BCUT2D eigenvalue weighted by molar-refractivity contribution is -0.137. The molecule has 0 saturated heterocycles. The molecular formula is C5H12NO5PS. The number of phosphoric acid groups is 1. The highest BCUT2D eigenvalue weighted by Gasteiger charge is 2.24. The number of thioether (sulfide) groups is 1. The molecule has 0 aliphatic rings. The Kier molecular flexibility index (Phi) is 5.59. The lowest BCUT2D eigenvalue weighted by atomic mass is 10.2. The van der Waals surface area contributed by atoms with Gasteiger partial charge in [0.1, 0.15) is 6.04 Å². The maximum absolute atomic E-state index is 10.8. The fraction of sp³-hybridized carbons (Fsp3) is 0.800. The molecule has 13 heavy (non-hydrogen) atoms. The summed E-state index contributed by atoms with van der Waals surface area (Å²) in [5.41, 5.74) is 5.28. The molecule has 0 aromatic heterocycles. The Bertz CT molecular complexity index is 217. The minimum Gasteiger partial charge on any atom is -0.369 e. The van der Waals surface area contributed by atoms with Crippen LogP contribution in [0.3, 0.4) is 0 Å². The molecule has 0 rings (SSSR count). The average molecular weight is 229 g/mol.